The molecule has 0 unspecified atom stereocenters. The summed E-state index contributed by atoms with van der Waals surface area (Å²) < 4.78 is 0. The molecule has 0 aromatic carbocycles. The molecule has 9 heavy (non-hydrogen) atoms. The Balaban J connectivity index is -0.0000000720. The summed E-state index contributed by atoms with van der Waals surface area (Å²) in [5.74, 6) is 0. The monoisotopic (exact) mass is 145 g/mol. The van der Waals surface area contributed by atoms with Crippen LogP contribution in [0.2, 0.25) is 0 Å². The molecular weight excluding hydrogens is 141 g/mol. The predicted molar refractivity (Wildman–Crippen MR) is 24.1 cm³/mol. The van der Waals surface area contributed by atoms with Crippen LogP contribution in [0.5, 0.6) is 0 Å². The molecule has 0 atom stereocenters. The number of carbonyl (C=O) groups is 1. The summed E-state index contributed by atoms with van der Waals surface area (Å²) in [6.07, 6.45) is 0. The number of hydrogen-bond donors (Lipinski definition) is 2. The van der Waals surface area contributed by atoms with E-state index in [2.05, 4.69) is 11.5 Å². The molecule has 0 radical (unpaired) electrons. The predicted octanol–water partition coefficient (Wildman–Crippen LogP) is -4.21. The second kappa shape index (κ2) is 10.5. The zero-order valence-electron chi connectivity index (χ0n) is 4.73. The Bertz CT molecular complexity index is 73.8. The standard InChI is InChI=1S/CH4N2O.NO3.Na/c2*2-1(3)4;/h(H4,2,3,4);;/q;-1;+1. The molecule has 0 aromatic heterocycles. The van der Waals surface area contributed by atoms with E-state index in [-0.39, 0.29) is 29.6 Å². The topological polar surface area (TPSA) is 135 Å². The summed E-state index contributed by atoms with van der Waals surface area (Å²) in [6.45, 7) is 0. The van der Waals surface area contributed by atoms with Gasteiger partial charge in [-0.15, -0.1) is 0 Å². The van der Waals surface area contributed by atoms with Gasteiger partial charge < -0.3 is 26.8 Å². The minimum atomic E-state index is -1.75. The average molecular weight is 145 g/mol. The summed E-state index contributed by atoms with van der Waals surface area (Å²) in [5.41, 5.74) is 8.50. The average Bonchev–Trinajstić information content (AvgIpc) is 1.25. The fraction of sp³-hybridized carbons (Fsp3) is 0. The van der Waals surface area contributed by atoms with E-state index in [1.165, 1.54) is 0 Å². The van der Waals surface area contributed by atoms with Crippen molar-refractivity contribution in [3.05, 3.63) is 15.3 Å². The molecule has 0 fully saturated rings. The van der Waals surface area contributed by atoms with E-state index in [1.807, 2.05) is 0 Å². The number of urea groups is 1. The van der Waals surface area contributed by atoms with E-state index in [0.717, 1.165) is 0 Å². The van der Waals surface area contributed by atoms with Crippen LogP contribution in [0.3, 0.4) is 0 Å². The number of nitrogens with zero attached hydrogens (tertiary/aromatic N) is 1. The Hall–Kier alpha value is -0.530. The summed E-state index contributed by atoms with van der Waals surface area (Å²) in [5, 5.41) is 14.8. The smallest absolute Gasteiger partial charge is 0.356 e. The van der Waals surface area contributed by atoms with Gasteiger partial charge in [-0.25, -0.2) is 4.79 Å². The third-order valence-electron chi connectivity index (χ3n) is 0. The van der Waals surface area contributed by atoms with Crippen molar-refractivity contribution >= 4 is 6.03 Å². The van der Waals surface area contributed by atoms with Gasteiger partial charge in [0.05, 0.1) is 5.09 Å². The second-order valence-corrected chi connectivity index (χ2v) is 0.626. The van der Waals surface area contributed by atoms with Crippen molar-refractivity contribution in [3.63, 3.8) is 0 Å². The van der Waals surface area contributed by atoms with Gasteiger partial charge in [0.1, 0.15) is 0 Å². The van der Waals surface area contributed by atoms with Crippen molar-refractivity contribution in [3.8, 4) is 0 Å². The summed E-state index contributed by atoms with van der Waals surface area (Å²) in [6, 6.07) is -0.833. The molecule has 8 heteroatoms. The van der Waals surface area contributed by atoms with Crippen LogP contribution in [-0.4, -0.2) is 11.1 Å². The van der Waals surface area contributed by atoms with Crippen molar-refractivity contribution in [1.29, 1.82) is 0 Å². The number of carbonyl (C=O) groups excluding carboxylic acids is 1. The molecule has 0 aliphatic rings. The zero-order chi connectivity index (χ0) is 7.15. The molecule has 2 amide bonds. The van der Waals surface area contributed by atoms with Crippen LogP contribution in [-0.2, 0) is 0 Å². The molecule has 0 rings (SSSR count). The third-order valence-corrected chi connectivity index (χ3v) is 0. The maximum atomic E-state index is 9.00. The fourth-order valence-corrected chi connectivity index (χ4v) is 0. The SMILES string of the molecule is NC(N)=O.O=[N+]([O-])[O-].[Na+]. The van der Waals surface area contributed by atoms with E-state index in [1.54, 1.807) is 0 Å². The number of hydrogen-bond acceptors (Lipinski definition) is 4. The molecule has 48 valence electrons. The summed E-state index contributed by atoms with van der Waals surface area (Å²) >= 11 is 0. The van der Waals surface area contributed by atoms with Crippen molar-refractivity contribution in [2.45, 2.75) is 0 Å². The van der Waals surface area contributed by atoms with Crippen LogP contribution in [0.1, 0.15) is 0 Å². The molecule has 0 aromatic rings. The first-order valence-corrected chi connectivity index (χ1v) is 1.33. The van der Waals surface area contributed by atoms with E-state index < -0.39 is 11.1 Å². The minimum absolute atomic E-state index is 0. The van der Waals surface area contributed by atoms with Gasteiger partial charge in [0, 0.05) is 0 Å². The van der Waals surface area contributed by atoms with Crippen LogP contribution in [0.25, 0.3) is 0 Å². The number of amides is 2. The Morgan fingerprint density at radius 3 is 1.33 bits per heavy atom. The van der Waals surface area contributed by atoms with Crippen molar-refractivity contribution in [1.82, 2.24) is 0 Å². The molecule has 4 N–H and O–H groups in total. The van der Waals surface area contributed by atoms with Crippen LogP contribution in [0.4, 0.5) is 4.79 Å². The van der Waals surface area contributed by atoms with Crippen molar-refractivity contribution in [2.24, 2.45) is 11.5 Å². The summed E-state index contributed by atoms with van der Waals surface area (Å²) in [7, 11) is 0. The quantitative estimate of drug-likeness (QED) is 0.203. The normalized spacial score (nSPS) is 5.33. The molecule has 0 spiro atoms. The number of rotatable bonds is 0. The van der Waals surface area contributed by atoms with E-state index in [4.69, 9.17) is 20.1 Å². The van der Waals surface area contributed by atoms with Crippen molar-refractivity contribution < 1.29 is 39.4 Å². The largest absolute Gasteiger partial charge is 1.00 e. The molecule has 0 bridgehead atoms. The molecule has 0 heterocycles. The first-order valence-electron chi connectivity index (χ1n) is 1.33. The maximum absolute atomic E-state index is 9.00. The van der Waals surface area contributed by atoms with Crippen LogP contribution < -0.4 is 41.0 Å². The van der Waals surface area contributed by atoms with Gasteiger partial charge >= 0.3 is 35.6 Å². The molecule has 0 saturated heterocycles. The second-order valence-electron chi connectivity index (χ2n) is 0.626. The van der Waals surface area contributed by atoms with E-state index >= 15 is 0 Å². The molecular formula is CH4N3NaO4. The molecule has 0 aliphatic carbocycles. The van der Waals surface area contributed by atoms with Crippen LogP contribution in [0.15, 0.2) is 0 Å². The van der Waals surface area contributed by atoms with Crippen LogP contribution >= 0.6 is 0 Å². The molecule has 7 nitrogen and oxygen atoms in total. The maximum Gasteiger partial charge on any atom is 1.00 e. The van der Waals surface area contributed by atoms with Crippen LogP contribution in [0, 0.1) is 15.3 Å². The Morgan fingerprint density at radius 2 is 1.33 bits per heavy atom. The van der Waals surface area contributed by atoms with Crippen molar-refractivity contribution in [2.75, 3.05) is 0 Å². The van der Waals surface area contributed by atoms with Gasteiger partial charge in [-0.05, 0) is 0 Å². The third kappa shape index (κ3) is 796. The number of primary amides is 2. The van der Waals surface area contributed by atoms with Gasteiger partial charge in [0.15, 0.2) is 0 Å². The van der Waals surface area contributed by atoms with Gasteiger partial charge in [-0.2, -0.15) is 0 Å². The minimum Gasteiger partial charge on any atom is -0.356 e. The number of nitrogens with two attached hydrogens (primary N) is 2. The van der Waals surface area contributed by atoms with E-state index in [0.29, 0.717) is 0 Å². The first kappa shape index (κ1) is 15.8. The van der Waals surface area contributed by atoms with E-state index in [9.17, 15) is 0 Å². The fourth-order valence-electron chi connectivity index (χ4n) is 0. The molecule has 0 aliphatic heterocycles. The van der Waals surface area contributed by atoms with Gasteiger partial charge in [-0.3, -0.25) is 0 Å². The zero-order valence-corrected chi connectivity index (χ0v) is 6.73. The Morgan fingerprint density at radius 1 is 1.33 bits per heavy atom. The van der Waals surface area contributed by atoms with Gasteiger partial charge in [0.2, 0.25) is 0 Å². The summed E-state index contributed by atoms with van der Waals surface area (Å²) in [4.78, 5) is 17.2. The van der Waals surface area contributed by atoms with Gasteiger partial charge in [-0.1, -0.05) is 0 Å². The first-order chi connectivity index (χ1) is 3.46. The van der Waals surface area contributed by atoms with Gasteiger partial charge in [0.25, 0.3) is 0 Å². The molecule has 0 saturated carbocycles. The Kier molecular flexibility index (Phi) is 18.3. The Labute approximate surface area is 72.4 Å².